The third-order valence-electron chi connectivity index (χ3n) is 4.89. The zero-order valence-corrected chi connectivity index (χ0v) is 15.2. The summed E-state index contributed by atoms with van der Waals surface area (Å²) in [6.45, 7) is 1.53. The molecule has 0 N–H and O–H groups in total. The molecule has 0 atom stereocenters. The van der Waals surface area contributed by atoms with Gasteiger partial charge >= 0.3 is 0 Å². The molecule has 0 spiro atoms. The van der Waals surface area contributed by atoms with E-state index in [0.717, 1.165) is 43.2 Å². The predicted octanol–water partition coefficient (Wildman–Crippen LogP) is 0.668. The van der Waals surface area contributed by atoms with Crippen molar-refractivity contribution in [2.75, 3.05) is 37.0 Å². The zero-order valence-electron chi connectivity index (χ0n) is 15.2. The number of aryl methyl sites for hydroxylation is 1. The van der Waals surface area contributed by atoms with Gasteiger partial charge in [-0.15, -0.1) is 15.3 Å². The van der Waals surface area contributed by atoms with Gasteiger partial charge < -0.3 is 14.4 Å². The lowest BCUT2D eigenvalue weighted by Crippen LogP contribution is -2.38. The molecule has 1 aliphatic rings. The van der Waals surface area contributed by atoms with Crippen molar-refractivity contribution in [3.63, 3.8) is 0 Å². The average Bonchev–Trinajstić information content (AvgIpc) is 3.07. The Morgan fingerprint density at radius 3 is 2.65 bits per heavy atom. The molecule has 4 heterocycles. The van der Waals surface area contributed by atoms with E-state index in [1.807, 2.05) is 35.6 Å². The first kappa shape index (κ1) is 16.5. The number of nitrogens with zero attached hydrogens (tertiary/aromatic N) is 8. The Kier molecular flexibility index (Phi) is 4.06. The topological polar surface area (TPSA) is 84.5 Å². The second-order valence-electron chi connectivity index (χ2n) is 6.84. The van der Waals surface area contributed by atoms with Crippen molar-refractivity contribution >= 4 is 17.3 Å². The highest BCUT2D eigenvalue weighted by atomic mass is 16.1. The van der Waals surface area contributed by atoms with E-state index in [1.165, 1.54) is 0 Å². The molecular formula is C17H22N8O. The molecule has 136 valence electrons. The summed E-state index contributed by atoms with van der Waals surface area (Å²) in [5.74, 6) is 2.54. The number of fused-ring (bicyclic) bond motifs is 1. The predicted molar refractivity (Wildman–Crippen MR) is 98.8 cm³/mol. The van der Waals surface area contributed by atoms with Crippen LogP contribution in [0.3, 0.4) is 0 Å². The van der Waals surface area contributed by atoms with E-state index < -0.39 is 0 Å². The molecule has 3 aromatic rings. The maximum atomic E-state index is 12.3. The van der Waals surface area contributed by atoms with Gasteiger partial charge in [-0.1, -0.05) is 0 Å². The molecule has 0 aromatic carbocycles. The number of hydrogen-bond acceptors (Lipinski definition) is 7. The highest BCUT2D eigenvalue weighted by Gasteiger charge is 2.27. The molecule has 1 saturated heterocycles. The van der Waals surface area contributed by atoms with E-state index in [4.69, 9.17) is 0 Å². The molecule has 9 nitrogen and oxygen atoms in total. The molecule has 0 unspecified atom stereocenters. The van der Waals surface area contributed by atoms with Crippen LogP contribution < -0.4 is 15.4 Å². The number of aromatic nitrogens is 6. The first-order chi connectivity index (χ1) is 12.5. The number of hydrogen-bond donors (Lipinski definition) is 0. The van der Waals surface area contributed by atoms with E-state index >= 15 is 0 Å². The normalized spacial score (nSPS) is 15.6. The zero-order chi connectivity index (χ0) is 18.3. The van der Waals surface area contributed by atoms with Crippen LogP contribution in [-0.2, 0) is 7.05 Å². The van der Waals surface area contributed by atoms with Gasteiger partial charge in [0.25, 0.3) is 5.56 Å². The lowest BCUT2D eigenvalue weighted by atomic mass is 9.96. The number of rotatable bonds is 3. The van der Waals surface area contributed by atoms with Gasteiger partial charge in [0.15, 0.2) is 17.3 Å². The van der Waals surface area contributed by atoms with E-state index in [9.17, 15) is 4.79 Å². The fraction of sp³-hybridized carbons (Fsp3) is 0.471. The van der Waals surface area contributed by atoms with Crippen LogP contribution in [0.4, 0.5) is 11.6 Å². The van der Waals surface area contributed by atoms with Crippen LogP contribution >= 0.6 is 0 Å². The third kappa shape index (κ3) is 2.79. The van der Waals surface area contributed by atoms with Crippen molar-refractivity contribution in [1.82, 2.24) is 29.4 Å². The molecule has 0 aliphatic carbocycles. The van der Waals surface area contributed by atoms with Gasteiger partial charge in [0, 0.05) is 52.5 Å². The van der Waals surface area contributed by atoms with Crippen LogP contribution in [0.5, 0.6) is 0 Å². The van der Waals surface area contributed by atoms with Gasteiger partial charge in [-0.25, -0.2) is 4.98 Å². The summed E-state index contributed by atoms with van der Waals surface area (Å²) in [5.41, 5.74) is 0.697. The van der Waals surface area contributed by atoms with Gasteiger partial charge in [-0.3, -0.25) is 4.79 Å². The highest BCUT2D eigenvalue weighted by Crippen LogP contribution is 2.28. The molecular weight excluding hydrogens is 332 g/mol. The van der Waals surface area contributed by atoms with Crippen molar-refractivity contribution in [3.05, 3.63) is 40.7 Å². The molecule has 0 saturated carbocycles. The Bertz CT molecular complexity index is 984. The largest absolute Gasteiger partial charge is 0.361 e. The summed E-state index contributed by atoms with van der Waals surface area (Å²) in [7, 11) is 5.67. The molecule has 4 rings (SSSR count). The summed E-state index contributed by atoms with van der Waals surface area (Å²) >= 11 is 0. The van der Waals surface area contributed by atoms with Gasteiger partial charge in [0.2, 0.25) is 0 Å². The van der Waals surface area contributed by atoms with Crippen LogP contribution in [0.1, 0.15) is 24.6 Å². The second-order valence-corrected chi connectivity index (χ2v) is 6.84. The lowest BCUT2D eigenvalue weighted by Gasteiger charge is -2.31. The van der Waals surface area contributed by atoms with Gasteiger partial charge in [0.1, 0.15) is 5.82 Å². The first-order valence-corrected chi connectivity index (χ1v) is 8.71. The minimum Gasteiger partial charge on any atom is -0.361 e. The molecule has 9 heteroatoms. The van der Waals surface area contributed by atoms with Gasteiger partial charge in [0.05, 0.1) is 0 Å². The highest BCUT2D eigenvalue weighted by molar-refractivity contribution is 5.45. The smallest absolute Gasteiger partial charge is 0.293 e. The average molecular weight is 354 g/mol. The third-order valence-corrected chi connectivity index (χ3v) is 4.89. The van der Waals surface area contributed by atoms with E-state index in [0.29, 0.717) is 5.82 Å². The quantitative estimate of drug-likeness (QED) is 0.683. The minimum atomic E-state index is -0.0591. The second kappa shape index (κ2) is 6.40. The summed E-state index contributed by atoms with van der Waals surface area (Å²) in [6.07, 6.45) is 5.11. The van der Waals surface area contributed by atoms with Crippen LogP contribution in [0, 0.1) is 0 Å². The number of anilines is 2. The molecule has 0 radical (unpaired) electrons. The molecule has 0 amide bonds. The molecule has 0 bridgehead atoms. The SMILES string of the molecule is CN(C)c1ccc2nnc(C3CCN(c4nccn(C)c4=O)CC3)n2n1. The Morgan fingerprint density at radius 1 is 1.15 bits per heavy atom. The van der Waals surface area contributed by atoms with E-state index in [-0.39, 0.29) is 11.5 Å². The maximum absolute atomic E-state index is 12.3. The fourth-order valence-electron chi connectivity index (χ4n) is 3.34. The van der Waals surface area contributed by atoms with Crippen molar-refractivity contribution in [3.8, 4) is 0 Å². The van der Waals surface area contributed by atoms with E-state index in [1.54, 1.807) is 24.0 Å². The van der Waals surface area contributed by atoms with Crippen molar-refractivity contribution < 1.29 is 0 Å². The fourth-order valence-corrected chi connectivity index (χ4v) is 3.34. The Labute approximate surface area is 150 Å². The van der Waals surface area contributed by atoms with Crippen LogP contribution in [0.25, 0.3) is 5.65 Å². The molecule has 1 aliphatic heterocycles. The number of piperidine rings is 1. The maximum Gasteiger partial charge on any atom is 0.293 e. The van der Waals surface area contributed by atoms with Gasteiger partial charge in [-0.2, -0.15) is 4.52 Å². The molecule has 26 heavy (non-hydrogen) atoms. The Balaban J connectivity index is 1.57. The lowest BCUT2D eigenvalue weighted by molar-refractivity contribution is 0.473. The summed E-state index contributed by atoms with van der Waals surface area (Å²) < 4.78 is 3.41. The van der Waals surface area contributed by atoms with E-state index in [2.05, 4.69) is 25.2 Å². The Hall–Kier alpha value is -2.97. The summed E-state index contributed by atoms with van der Waals surface area (Å²) in [4.78, 5) is 20.6. The van der Waals surface area contributed by atoms with Crippen molar-refractivity contribution in [2.24, 2.45) is 7.05 Å². The van der Waals surface area contributed by atoms with Crippen LogP contribution in [0.15, 0.2) is 29.3 Å². The van der Waals surface area contributed by atoms with Crippen molar-refractivity contribution in [2.45, 2.75) is 18.8 Å². The summed E-state index contributed by atoms with van der Waals surface area (Å²) in [5, 5.41) is 13.3. The van der Waals surface area contributed by atoms with Gasteiger partial charge in [-0.05, 0) is 25.0 Å². The summed E-state index contributed by atoms with van der Waals surface area (Å²) in [6, 6.07) is 3.87. The van der Waals surface area contributed by atoms with Crippen LogP contribution in [-0.4, -0.2) is 56.5 Å². The Morgan fingerprint density at radius 2 is 1.92 bits per heavy atom. The molecule has 1 fully saturated rings. The molecule has 3 aromatic heterocycles. The first-order valence-electron chi connectivity index (χ1n) is 8.71. The van der Waals surface area contributed by atoms with Crippen molar-refractivity contribution in [1.29, 1.82) is 0 Å². The standard InChI is InChI=1S/C17H22N8O/c1-22(2)14-5-4-13-19-20-15(25(13)21-14)12-6-9-24(10-7-12)16-17(26)23(3)11-8-18-16/h4-5,8,11-12H,6-7,9-10H2,1-3H3. The minimum absolute atomic E-state index is 0.0591. The monoisotopic (exact) mass is 354 g/mol. The van der Waals surface area contributed by atoms with Crippen LogP contribution in [0.2, 0.25) is 0 Å².